The normalized spacial score (nSPS) is 15.4. The van der Waals surface area contributed by atoms with Crippen LogP contribution in [0.5, 0.6) is 11.5 Å². The van der Waals surface area contributed by atoms with E-state index in [-0.39, 0.29) is 0 Å². The smallest absolute Gasteiger partial charge is 0.408 e. The number of amides is 1. The zero-order valence-electron chi connectivity index (χ0n) is 14.3. The van der Waals surface area contributed by atoms with Crippen LogP contribution in [0.1, 0.15) is 44.0 Å². The van der Waals surface area contributed by atoms with E-state index in [4.69, 9.17) is 14.2 Å². The highest BCUT2D eigenvalue weighted by Crippen LogP contribution is 2.40. The molecule has 0 radical (unpaired) electrons. The first kappa shape index (κ1) is 18.6. The Kier molecular flexibility index (Phi) is 5.42. The first-order chi connectivity index (χ1) is 11.2. The number of carbonyl (C=O) groups is 2. The van der Waals surface area contributed by atoms with Gasteiger partial charge in [-0.3, -0.25) is 4.79 Å². The zero-order valence-corrected chi connectivity index (χ0v) is 15.9. The van der Waals surface area contributed by atoms with Gasteiger partial charge in [0.2, 0.25) is 0 Å². The maximum absolute atomic E-state index is 11.9. The second-order valence-electron chi connectivity index (χ2n) is 6.85. The van der Waals surface area contributed by atoms with Gasteiger partial charge in [0.05, 0.1) is 17.1 Å². The summed E-state index contributed by atoms with van der Waals surface area (Å²) < 4.78 is 17.0. The summed E-state index contributed by atoms with van der Waals surface area (Å²) in [6, 6.07) is 3.26. The molecule has 2 rings (SSSR count). The summed E-state index contributed by atoms with van der Waals surface area (Å²) in [5, 5.41) is 2.88. The highest BCUT2D eigenvalue weighted by Gasteiger charge is 2.46. The van der Waals surface area contributed by atoms with Crippen LogP contribution in [-0.2, 0) is 4.74 Å². The first-order valence-corrected chi connectivity index (χ1v) is 8.44. The summed E-state index contributed by atoms with van der Waals surface area (Å²) in [5.41, 5.74) is -0.479. The lowest BCUT2D eigenvalue weighted by atomic mass is 10.2. The van der Waals surface area contributed by atoms with Crippen LogP contribution >= 0.6 is 15.9 Å². The SMILES string of the molecule is COc1cc(C=O)cc(Br)c1OCC1(NC(=O)OC(C)(C)C)CC1. The van der Waals surface area contributed by atoms with Crippen molar-refractivity contribution < 1.29 is 23.8 Å². The van der Waals surface area contributed by atoms with Gasteiger partial charge in [0.25, 0.3) is 0 Å². The fourth-order valence-electron chi connectivity index (χ4n) is 2.13. The van der Waals surface area contributed by atoms with Crippen LogP contribution in [-0.4, -0.2) is 37.2 Å². The molecule has 1 aliphatic carbocycles. The largest absolute Gasteiger partial charge is 0.493 e. The lowest BCUT2D eigenvalue weighted by molar-refractivity contribution is 0.0476. The predicted octanol–water partition coefficient (Wildman–Crippen LogP) is 3.71. The van der Waals surface area contributed by atoms with Crippen molar-refractivity contribution in [3.05, 3.63) is 22.2 Å². The third-order valence-electron chi connectivity index (χ3n) is 3.50. The van der Waals surface area contributed by atoms with E-state index in [0.717, 1.165) is 19.1 Å². The molecule has 1 aromatic carbocycles. The summed E-state index contributed by atoms with van der Waals surface area (Å²) in [6.07, 6.45) is 1.92. The first-order valence-electron chi connectivity index (χ1n) is 7.65. The molecule has 1 aromatic rings. The highest BCUT2D eigenvalue weighted by molar-refractivity contribution is 9.10. The number of methoxy groups -OCH3 is 1. The Bertz CT molecular complexity index is 635. The van der Waals surface area contributed by atoms with E-state index >= 15 is 0 Å². The van der Waals surface area contributed by atoms with Gasteiger partial charge in [-0.05, 0) is 61.7 Å². The average Bonchev–Trinajstić information content (AvgIpc) is 3.22. The Morgan fingerprint density at radius 2 is 2.04 bits per heavy atom. The molecule has 7 heteroatoms. The van der Waals surface area contributed by atoms with Crippen LogP contribution < -0.4 is 14.8 Å². The van der Waals surface area contributed by atoms with Crippen molar-refractivity contribution in [3.8, 4) is 11.5 Å². The molecule has 0 saturated heterocycles. The maximum atomic E-state index is 11.9. The van der Waals surface area contributed by atoms with Gasteiger partial charge in [0.1, 0.15) is 18.5 Å². The van der Waals surface area contributed by atoms with Crippen LogP contribution in [0, 0.1) is 0 Å². The molecule has 0 bridgehead atoms. The highest BCUT2D eigenvalue weighted by atomic mass is 79.9. The summed E-state index contributed by atoms with van der Waals surface area (Å²) in [4.78, 5) is 22.9. The molecule has 1 saturated carbocycles. The maximum Gasteiger partial charge on any atom is 0.408 e. The van der Waals surface area contributed by atoms with Gasteiger partial charge in [-0.25, -0.2) is 4.79 Å². The van der Waals surface area contributed by atoms with Crippen molar-refractivity contribution in [3.63, 3.8) is 0 Å². The minimum atomic E-state index is -0.544. The van der Waals surface area contributed by atoms with Gasteiger partial charge in [-0.15, -0.1) is 0 Å². The average molecular weight is 400 g/mol. The van der Waals surface area contributed by atoms with Gasteiger partial charge in [-0.1, -0.05) is 0 Å². The van der Waals surface area contributed by atoms with Gasteiger partial charge >= 0.3 is 6.09 Å². The third kappa shape index (κ3) is 4.87. The molecule has 1 fully saturated rings. The molecule has 0 heterocycles. The molecular weight excluding hydrogens is 378 g/mol. The van der Waals surface area contributed by atoms with E-state index in [0.29, 0.717) is 28.1 Å². The van der Waals surface area contributed by atoms with E-state index in [9.17, 15) is 9.59 Å². The number of nitrogens with one attached hydrogen (secondary N) is 1. The lowest BCUT2D eigenvalue weighted by Crippen LogP contribution is -2.44. The molecule has 132 valence electrons. The number of aldehydes is 1. The van der Waals surface area contributed by atoms with E-state index in [2.05, 4.69) is 21.2 Å². The number of halogens is 1. The molecule has 0 atom stereocenters. The van der Waals surface area contributed by atoms with Gasteiger partial charge in [0.15, 0.2) is 11.5 Å². The predicted molar refractivity (Wildman–Crippen MR) is 92.9 cm³/mol. The Labute approximate surface area is 150 Å². The number of carbonyl (C=O) groups excluding carboxylic acids is 2. The summed E-state index contributed by atoms with van der Waals surface area (Å²) >= 11 is 3.38. The van der Waals surface area contributed by atoms with Gasteiger partial charge < -0.3 is 19.5 Å². The Morgan fingerprint density at radius 1 is 1.38 bits per heavy atom. The van der Waals surface area contributed by atoms with Crippen LogP contribution in [0.2, 0.25) is 0 Å². The molecule has 1 amide bonds. The van der Waals surface area contributed by atoms with E-state index in [1.165, 1.54) is 7.11 Å². The number of alkyl carbamates (subject to hydrolysis) is 1. The Hall–Kier alpha value is -1.76. The van der Waals surface area contributed by atoms with Gasteiger partial charge in [-0.2, -0.15) is 0 Å². The number of rotatable bonds is 6. The van der Waals surface area contributed by atoms with Crippen LogP contribution in [0.25, 0.3) is 0 Å². The van der Waals surface area contributed by atoms with Crippen LogP contribution in [0.15, 0.2) is 16.6 Å². The third-order valence-corrected chi connectivity index (χ3v) is 4.09. The van der Waals surface area contributed by atoms with Crippen molar-refractivity contribution in [1.82, 2.24) is 5.32 Å². The Balaban J connectivity index is 2.03. The number of ether oxygens (including phenoxy) is 3. The monoisotopic (exact) mass is 399 g/mol. The number of benzene rings is 1. The van der Waals surface area contributed by atoms with Crippen molar-refractivity contribution >= 4 is 28.3 Å². The minimum Gasteiger partial charge on any atom is -0.493 e. The van der Waals surface area contributed by atoms with E-state index < -0.39 is 17.2 Å². The fourth-order valence-corrected chi connectivity index (χ4v) is 2.71. The molecular formula is C17H22BrNO5. The molecule has 1 aliphatic rings. The van der Waals surface area contributed by atoms with E-state index in [1.807, 2.05) is 20.8 Å². The lowest BCUT2D eigenvalue weighted by Gasteiger charge is -2.24. The number of hydrogen-bond donors (Lipinski definition) is 1. The van der Waals surface area contributed by atoms with Crippen LogP contribution in [0.4, 0.5) is 4.79 Å². The quantitative estimate of drug-likeness (QED) is 0.737. The van der Waals surface area contributed by atoms with Crippen molar-refractivity contribution in [2.75, 3.05) is 13.7 Å². The Morgan fingerprint density at radius 3 is 2.54 bits per heavy atom. The molecule has 1 N–H and O–H groups in total. The summed E-state index contributed by atoms with van der Waals surface area (Å²) in [5.74, 6) is 0.958. The van der Waals surface area contributed by atoms with Crippen molar-refractivity contribution in [2.24, 2.45) is 0 Å². The topological polar surface area (TPSA) is 73.9 Å². The second kappa shape index (κ2) is 7.01. The molecule has 0 aliphatic heterocycles. The molecule has 0 spiro atoms. The minimum absolute atomic E-state index is 0.293. The number of hydrogen-bond acceptors (Lipinski definition) is 5. The molecule has 24 heavy (non-hydrogen) atoms. The summed E-state index contributed by atoms with van der Waals surface area (Å²) in [7, 11) is 1.51. The summed E-state index contributed by atoms with van der Waals surface area (Å²) in [6.45, 7) is 5.75. The van der Waals surface area contributed by atoms with Crippen molar-refractivity contribution in [2.45, 2.75) is 44.8 Å². The van der Waals surface area contributed by atoms with E-state index in [1.54, 1.807) is 12.1 Å². The van der Waals surface area contributed by atoms with Crippen LogP contribution in [0.3, 0.4) is 0 Å². The van der Waals surface area contributed by atoms with Gasteiger partial charge in [0, 0.05) is 5.56 Å². The standard InChI is InChI=1S/C17H22BrNO5/c1-16(2,3)24-15(21)19-17(5-6-17)10-23-14-12(18)7-11(9-20)8-13(14)22-4/h7-9H,5-6,10H2,1-4H3,(H,19,21). The fraction of sp³-hybridized carbons (Fsp3) is 0.529. The molecule has 6 nitrogen and oxygen atoms in total. The second-order valence-corrected chi connectivity index (χ2v) is 7.70. The van der Waals surface area contributed by atoms with Crippen molar-refractivity contribution in [1.29, 1.82) is 0 Å². The molecule has 0 unspecified atom stereocenters. The molecule has 0 aromatic heterocycles. The zero-order chi connectivity index (χ0) is 18.0.